The number of aromatic amines is 1. The van der Waals surface area contributed by atoms with E-state index in [0.29, 0.717) is 29.4 Å². The van der Waals surface area contributed by atoms with Crippen LogP contribution in [-0.4, -0.2) is 45.0 Å². The van der Waals surface area contributed by atoms with Gasteiger partial charge in [0, 0.05) is 11.4 Å². The number of nitrogens with two attached hydrogens (primary N) is 1. The predicted octanol–water partition coefficient (Wildman–Crippen LogP) is 2.07. The Kier molecular flexibility index (Phi) is 5.46. The molecular weight excluding hydrogens is 396 g/mol. The normalized spacial score (nSPS) is 22.2. The molecule has 2 amide bonds. The summed E-state index contributed by atoms with van der Waals surface area (Å²) < 4.78 is 0. The molecule has 3 N–H and O–H groups in total. The summed E-state index contributed by atoms with van der Waals surface area (Å²) in [7, 11) is 0. The molecule has 2 aromatic rings. The molecule has 7 nitrogen and oxygen atoms in total. The van der Waals surface area contributed by atoms with Gasteiger partial charge in [0.15, 0.2) is 5.16 Å². The number of amides is 2. The van der Waals surface area contributed by atoms with Crippen LogP contribution in [0.3, 0.4) is 0 Å². The van der Waals surface area contributed by atoms with E-state index in [2.05, 4.69) is 16.9 Å². The van der Waals surface area contributed by atoms with Crippen LogP contribution in [0.25, 0.3) is 10.2 Å². The second kappa shape index (κ2) is 7.87. The number of carbonyl (C=O) groups excluding carboxylic acids is 2. The molecular formula is C19H24N4O3S2. The fourth-order valence-corrected chi connectivity index (χ4v) is 6.32. The fraction of sp³-hybridized carbons (Fsp3) is 0.579. The van der Waals surface area contributed by atoms with Gasteiger partial charge >= 0.3 is 0 Å². The van der Waals surface area contributed by atoms with Crippen molar-refractivity contribution in [2.24, 2.45) is 11.7 Å². The lowest BCUT2D eigenvalue weighted by atomic mass is 9.89. The average Bonchev–Trinajstić information content (AvgIpc) is 3.03. The smallest absolute Gasteiger partial charge is 0.260 e. The Hall–Kier alpha value is -1.87. The van der Waals surface area contributed by atoms with E-state index in [9.17, 15) is 14.4 Å². The first-order valence-corrected chi connectivity index (χ1v) is 11.5. The van der Waals surface area contributed by atoms with Gasteiger partial charge in [0.1, 0.15) is 10.9 Å². The number of likely N-dealkylation sites (tertiary alicyclic amines) is 1. The van der Waals surface area contributed by atoms with Crippen molar-refractivity contribution < 1.29 is 9.59 Å². The third-order valence-corrected chi connectivity index (χ3v) is 7.63. The van der Waals surface area contributed by atoms with Crippen molar-refractivity contribution in [2.75, 3.05) is 12.3 Å². The first-order valence-electron chi connectivity index (χ1n) is 9.70. The van der Waals surface area contributed by atoms with Crippen molar-refractivity contribution in [1.82, 2.24) is 14.9 Å². The van der Waals surface area contributed by atoms with Gasteiger partial charge in [-0.1, -0.05) is 18.7 Å². The van der Waals surface area contributed by atoms with Crippen molar-refractivity contribution in [1.29, 1.82) is 0 Å². The number of thiophene rings is 1. The molecule has 0 radical (unpaired) electrons. The summed E-state index contributed by atoms with van der Waals surface area (Å²) >= 11 is 2.81. The Morgan fingerprint density at radius 3 is 2.96 bits per heavy atom. The minimum atomic E-state index is -0.526. The van der Waals surface area contributed by atoms with Crippen LogP contribution in [0.5, 0.6) is 0 Å². The maximum absolute atomic E-state index is 12.6. The van der Waals surface area contributed by atoms with Crippen molar-refractivity contribution in [2.45, 2.75) is 56.6 Å². The van der Waals surface area contributed by atoms with Crippen LogP contribution in [-0.2, 0) is 22.4 Å². The number of carbonyl (C=O) groups is 2. The summed E-state index contributed by atoms with van der Waals surface area (Å²) in [5.41, 5.74) is 6.47. The highest BCUT2D eigenvalue weighted by Crippen LogP contribution is 2.36. The number of nitrogens with zero attached hydrogens (tertiary/aromatic N) is 2. The number of hydrogen-bond donors (Lipinski definition) is 2. The molecule has 0 spiro atoms. The zero-order chi connectivity index (χ0) is 19.8. The number of primary amides is 1. The van der Waals surface area contributed by atoms with E-state index in [0.717, 1.165) is 42.5 Å². The zero-order valence-electron chi connectivity index (χ0n) is 15.8. The maximum atomic E-state index is 12.6. The molecule has 1 saturated heterocycles. The zero-order valence-corrected chi connectivity index (χ0v) is 17.5. The van der Waals surface area contributed by atoms with E-state index in [1.54, 1.807) is 16.2 Å². The molecule has 2 atom stereocenters. The maximum Gasteiger partial charge on any atom is 0.260 e. The van der Waals surface area contributed by atoms with Gasteiger partial charge in [-0.25, -0.2) is 4.98 Å². The summed E-state index contributed by atoms with van der Waals surface area (Å²) in [4.78, 5) is 47.9. The summed E-state index contributed by atoms with van der Waals surface area (Å²) in [5, 5.41) is 1.16. The van der Waals surface area contributed by atoms with Crippen LogP contribution in [0.2, 0.25) is 0 Å². The van der Waals surface area contributed by atoms with Crippen LogP contribution in [0.4, 0.5) is 0 Å². The molecule has 4 rings (SSSR count). The van der Waals surface area contributed by atoms with Crippen molar-refractivity contribution in [3.63, 3.8) is 0 Å². The average molecular weight is 421 g/mol. The standard InChI is InChI=1S/C19H24N4O3S2/c1-10-5-6-11-13(8-10)28-18-15(11)17(26)21-19(22-18)27-9-14(24)23-7-3-2-4-12(23)16(20)25/h10,12H,2-9H2,1H3,(H2,20,25)(H,21,22,26)/t10-,12+/m0/s1. The first kappa shape index (κ1) is 19.4. The number of H-pyrrole nitrogens is 1. The number of piperidine rings is 1. The van der Waals surface area contributed by atoms with E-state index < -0.39 is 11.9 Å². The third kappa shape index (κ3) is 3.69. The molecule has 150 valence electrons. The van der Waals surface area contributed by atoms with E-state index >= 15 is 0 Å². The Morgan fingerprint density at radius 1 is 1.36 bits per heavy atom. The van der Waals surface area contributed by atoms with Crippen LogP contribution in [0.1, 0.15) is 43.0 Å². The summed E-state index contributed by atoms with van der Waals surface area (Å²) in [5.74, 6) is 0.161. The number of hydrogen-bond acceptors (Lipinski definition) is 6. The van der Waals surface area contributed by atoms with Crippen LogP contribution >= 0.6 is 23.1 Å². The van der Waals surface area contributed by atoms with Gasteiger partial charge < -0.3 is 15.6 Å². The van der Waals surface area contributed by atoms with Gasteiger partial charge in [0.2, 0.25) is 11.8 Å². The molecule has 0 bridgehead atoms. The molecule has 3 heterocycles. The molecule has 2 aliphatic rings. The van der Waals surface area contributed by atoms with Gasteiger partial charge in [-0.2, -0.15) is 0 Å². The van der Waals surface area contributed by atoms with Crippen LogP contribution in [0.15, 0.2) is 9.95 Å². The largest absolute Gasteiger partial charge is 0.368 e. The Bertz CT molecular complexity index is 983. The molecule has 0 saturated carbocycles. The highest BCUT2D eigenvalue weighted by atomic mass is 32.2. The number of fused-ring (bicyclic) bond motifs is 3. The highest BCUT2D eigenvalue weighted by Gasteiger charge is 2.30. The number of nitrogens with one attached hydrogen (secondary N) is 1. The predicted molar refractivity (Wildman–Crippen MR) is 111 cm³/mol. The third-order valence-electron chi connectivity index (χ3n) is 5.63. The second-order valence-corrected chi connectivity index (χ2v) is 9.74. The summed E-state index contributed by atoms with van der Waals surface area (Å²) in [6.45, 7) is 2.78. The molecule has 2 aromatic heterocycles. The topological polar surface area (TPSA) is 109 Å². The minimum absolute atomic E-state index is 0.125. The highest BCUT2D eigenvalue weighted by molar-refractivity contribution is 7.99. The SMILES string of the molecule is C[C@H]1CCc2c(sc3nc(SCC(=O)N4CCCC[C@@H]4C(N)=O)[nH]c(=O)c23)C1. The lowest BCUT2D eigenvalue weighted by Crippen LogP contribution is -2.51. The number of rotatable bonds is 4. The summed E-state index contributed by atoms with van der Waals surface area (Å²) in [6, 6.07) is -0.526. The van der Waals surface area contributed by atoms with Crippen molar-refractivity contribution in [3.8, 4) is 0 Å². The van der Waals surface area contributed by atoms with Gasteiger partial charge in [-0.15, -0.1) is 11.3 Å². The molecule has 0 unspecified atom stereocenters. The lowest BCUT2D eigenvalue weighted by Gasteiger charge is -2.33. The summed E-state index contributed by atoms with van der Waals surface area (Å²) in [6.07, 6.45) is 5.42. The molecule has 1 fully saturated rings. The first-order chi connectivity index (χ1) is 13.4. The number of thioether (sulfide) groups is 1. The molecule has 28 heavy (non-hydrogen) atoms. The van der Waals surface area contributed by atoms with Gasteiger partial charge in [-0.05, 0) is 50.0 Å². The Balaban J connectivity index is 1.51. The lowest BCUT2D eigenvalue weighted by molar-refractivity contribution is -0.138. The van der Waals surface area contributed by atoms with Gasteiger partial charge in [-0.3, -0.25) is 14.4 Å². The van der Waals surface area contributed by atoms with E-state index in [1.807, 2.05) is 0 Å². The Labute approximate surface area is 171 Å². The quantitative estimate of drug-likeness (QED) is 0.581. The monoisotopic (exact) mass is 420 g/mol. The van der Waals surface area contributed by atoms with Crippen molar-refractivity contribution in [3.05, 3.63) is 20.8 Å². The molecule has 1 aliphatic heterocycles. The van der Waals surface area contributed by atoms with Crippen LogP contribution in [0, 0.1) is 5.92 Å². The molecule has 9 heteroatoms. The number of aryl methyl sites for hydroxylation is 1. The van der Waals surface area contributed by atoms with E-state index in [1.165, 1.54) is 16.6 Å². The van der Waals surface area contributed by atoms with Gasteiger partial charge in [0.05, 0.1) is 11.1 Å². The molecule has 0 aromatic carbocycles. The van der Waals surface area contributed by atoms with Gasteiger partial charge in [0.25, 0.3) is 5.56 Å². The minimum Gasteiger partial charge on any atom is -0.368 e. The van der Waals surface area contributed by atoms with Crippen LogP contribution < -0.4 is 11.3 Å². The van der Waals surface area contributed by atoms with E-state index in [-0.39, 0.29) is 17.2 Å². The number of aromatic nitrogens is 2. The molecule has 1 aliphatic carbocycles. The van der Waals surface area contributed by atoms with E-state index in [4.69, 9.17) is 5.73 Å². The second-order valence-electron chi connectivity index (χ2n) is 7.69. The van der Waals surface area contributed by atoms with Crippen molar-refractivity contribution >= 4 is 45.1 Å². The Morgan fingerprint density at radius 2 is 2.18 bits per heavy atom. The fourth-order valence-electron chi connectivity index (χ4n) is 4.14.